The summed E-state index contributed by atoms with van der Waals surface area (Å²) in [5, 5.41) is 37.9. The van der Waals surface area contributed by atoms with Gasteiger partial charge >= 0.3 is 5.97 Å². The summed E-state index contributed by atoms with van der Waals surface area (Å²) in [6.45, 7) is 0.721. The summed E-state index contributed by atoms with van der Waals surface area (Å²) in [6.07, 6.45) is 5.76. The lowest BCUT2D eigenvalue weighted by Gasteiger charge is -2.34. The number of aliphatic carboxylic acids is 1. The van der Waals surface area contributed by atoms with E-state index < -0.39 is 17.5 Å². The van der Waals surface area contributed by atoms with Crippen LogP contribution in [0.3, 0.4) is 0 Å². The first kappa shape index (κ1) is 36.7. The average molecular weight is 706 g/mol. The van der Waals surface area contributed by atoms with Crippen LogP contribution >= 0.6 is 11.6 Å². The predicted octanol–water partition coefficient (Wildman–Crippen LogP) is 5.52. The van der Waals surface area contributed by atoms with Gasteiger partial charge in [0.1, 0.15) is 17.2 Å². The number of halogens is 1. The van der Waals surface area contributed by atoms with Gasteiger partial charge in [0.2, 0.25) is 5.56 Å². The van der Waals surface area contributed by atoms with Crippen LogP contribution in [0, 0.1) is 0 Å². The minimum Gasteiger partial charge on any atom is -0.506 e. The zero-order valence-electron chi connectivity index (χ0n) is 28.1. The highest BCUT2D eigenvalue weighted by molar-refractivity contribution is 6.32. The summed E-state index contributed by atoms with van der Waals surface area (Å²) in [6, 6.07) is 17.2. The number of ether oxygens (including phenoxy) is 2. The SMILES string of the molecule is COc1cc(OCC(=O)NCCCCc2cccc(C3(C(=O)O)CCCCC3)c2)c(Cl)cc1CNCC(O)c1ccc(O)c2[nH]c(=O)ccc12. The second-order valence-corrected chi connectivity index (χ2v) is 13.2. The van der Waals surface area contributed by atoms with Gasteiger partial charge in [-0.2, -0.15) is 0 Å². The van der Waals surface area contributed by atoms with Gasteiger partial charge in [0, 0.05) is 42.7 Å². The molecule has 4 aromatic rings. The molecule has 0 spiro atoms. The lowest BCUT2D eigenvalue weighted by molar-refractivity contribution is -0.145. The number of nitrogens with one attached hydrogen (secondary N) is 3. The smallest absolute Gasteiger partial charge is 0.314 e. The van der Waals surface area contributed by atoms with Crippen LogP contribution in [0.2, 0.25) is 5.02 Å². The van der Waals surface area contributed by atoms with E-state index in [-0.39, 0.29) is 35.9 Å². The van der Waals surface area contributed by atoms with Gasteiger partial charge in [-0.05, 0) is 67.0 Å². The fourth-order valence-electron chi connectivity index (χ4n) is 6.70. The Labute approximate surface area is 295 Å². The number of fused-ring (bicyclic) bond motifs is 1. The fourth-order valence-corrected chi connectivity index (χ4v) is 6.94. The highest BCUT2D eigenvalue weighted by Crippen LogP contribution is 2.40. The molecule has 11 nitrogen and oxygen atoms in total. The number of phenols is 1. The minimum absolute atomic E-state index is 0.0815. The van der Waals surface area contributed by atoms with Crippen LogP contribution in [0.25, 0.3) is 10.9 Å². The van der Waals surface area contributed by atoms with Gasteiger partial charge in [-0.1, -0.05) is 61.2 Å². The van der Waals surface area contributed by atoms with Crippen LogP contribution in [-0.4, -0.2) is 59.0 Å². The molecular formula is C38H44ClN3O8. The summed E-state index contributed by atoms with van der Waals surface area (Å²) in [4.78, 5) is 39.0. The molecule has 0 saturated heterocycles. The lowest BCUT2D eigenvalue weighted by Crippen LogP contribution is -2.37. The highest BCUT2D eigenvalue weighted by Gasteiger charge is 2.41. The number of aromatic hydroxyl groups is 1. The molecule has 0 bridgehead atoms. The number of amides is 1. The lowest BCUT2D eigenvalue weighted by atomic mass is 9.69. The summed E-state index contributed by atoms with van der Waals surface area (Å²) < 4.78 is 11.2. The van der Waals surface area contributed by atoms with Crippen molar-refractivity contribution in [1.29, 1.82) is 0 Å². The van der Waals surface area contributed by atoms with Crippen LogP contribution in [0.15, 0.2) is 65.5 Å². The van der Waals surface area contributed by atoms with Crippen LogP contribution in [0.1, 0.15) is 73.3 Å². The van der Waals surface area contributed by atoms with E-state index in [1.54, 1.807) is 24.3 Å². The van der Waals surface area contributed by atoms with E-state index in [9.17, 15) is 29.7 Å². The molecule has 1 aromatic heterocycles. The van der Waals surface area contributed by atoms with Gasteiger partial charge in [0.15, 0.2) is 6.61 Å². The van der Waals surface area contributed by atoms with E-state index in [0.29, 0.717) is 59.0 Å². The third-order valence-electron chi connectivity index (χ3n) is 9.42. The van der Waals surface area contributed by atoms with Crippen LogP contribution in [-0.2, 0) is 28.0 Å². The number of benzene rings is 3. The summed E-state index contributed by atoms with van der Waals surface area (Å²) in [5.41, 5.74) is 2.38. The second-order valence-electron chi connectivity index (χ2n) is 12.8. The number of hydrogen-bond donors (Lipinski definition) is 6. The number of pyridine rings is 1. The molecule has 3 aromatic carbocycles. The Hall–Kier alpha value is -4.58. The molecule has 1 unspecified atom stereocenters. The maximum atomic E-state index is 12.5. The molecular weight excluding hydrogens is 662 g/mol. The number of carboxylic acids is 1. The Bertz CT molecular complexity index is 1870. The Morgan fingerprint density at radius 1 is 1.02 bits per heavy atom. The largest absolute Gasteiger partial charge is 0.506 e. The van der Waals surface area contributed by atoms with Crippen molar-refractivity contribution < 1.29 is 34.4 Å². The van der Waals surface area contributed by atoms with Crippen molar-refractivity contribution >= 4 is 34.4 Å². The molecule has 0 radical (unpaired) electrons. The first-order valence-electron chi connectivity index (χ1n) is 16.9. The van der Waals surface area contributed by atoms with E-state index in [1.807, 2.05) is 24.3 Å². The van der Waals surface area contributed by atoms with E-state index in [1.165, 1.54) is 19.2 Å². The molecule has 1 atom stereocenters. The van der Waals surface area contributed by atoms with Gasteiger partial charge in [0.25, 0.3) is 5.91 Å². The van der Waals surface area contributed by atoms with Gasteiger partial charge in [-0.3, -0.25) is 14.4 Å². The molecule has 50 heavy (non-hydrogen) atoms. The number of aromatic amines is 1. The molecule has 1 aliphatic rings. The number of carboxylic acid groups (broad SMARTS) is 1. The Morgan fingerprint density at radius 2 is 1.82 bits per heavy atom. The molecule has 1 saturated carbocycles. The topological polar surface area (TPSA) is 170 Å². The molecule has 5 rings (SSSR count). The first-order valence-corrected chi connectivity index (χ1v) is 17.3. The van der Waals surface area contributed by atoms with Crippen molar-refractivity contribution in [3.05, 3.63) is 98.3 Å². The van der Waals surface area contributed by atoms with Gasteiger partial charge < -0.3 is 40.4 Å². The van der Waals surface area contributed by atoms with Crippen molar-refractivity contribution in [3.63, 3.8) is 0 Å². The molecule has 1 amide bonds. The Kier molecular flexibility index (Phi) is 12.4. The number of aliphatic hydroxyl groups is 1. The maximum Gasteiger partial charge on any atom is 0.314 e. The number of aliphatic hydroxyl groups excluding tert-OH is 1. The minimum atomic E-state index is -0.935. The monoisotopic (exact) mass is 705 g/mol. The van der Waals surface area contributed by atoms with Crippen molar-refractivity contribution in [3.8, 4) is 17.2 Å². The number of aromatic nitrogens is 1. The van der Waals surface area contributed by atoms with Crippen LogP contribution < -0.4 is 25.7 Å². The number of hydrogen-bond acceptors (Lipinski definition) is 8. The molecule has 12 heteroatoms. The average Bonchev–Trinajstić information content (AvgIpc) is 3.11. The quantitative estimate of drug-likeness (QED) is 0.0822. The number of carbonyl (C=O) groups is 2. The van der Waals surface area contributed by atoms with Crippen molar-refractivity contribution in [2.24, 2.45) is 0 Å². The number of methoxy groups -OCH3 is 1. The van der Waals surface area contributed by atoms with E-state index >= 15 is 0 Å². The number of aryl methyl sites for hydroxylation is 1. The normalized spacial score (nSPS) is 14.6. The number of phenolic OH excluding ortho intramolecular Hbond substituents is 1. The zero-order chi connectivity index (χ0) is 35.7. The van der Waals surface area contributed by atoms with E-state index in [0.717, 1.165) is 49.7 Å². The highest BCUT2D eigenvalue weighted by atomic mass is 35.5. The van der Waals surface area contributed by atoms with Crippen molar-refractivity contribution in [1.82, 2.24) is 15.6 Å². The predicted molar refractivity (Wildman–Crippen MR) is 191 cm³/mol. The van der Waals surface area contributed by atoms with Crippen LogP contribution in [0.4, 0.5) is 0 Å². The Morgan fingerprint density at radius 3 is 2.58 bits per heavy atom. The zero-order valence-corrected chi connectivity index (χ0v) is 28.9. The molecule has 0 aliphatic heterocycles. The number of rotatable bonds is 16. The molecule has 1 fully saturated rings. The van der Waals surface area contributed by atoms with Crippen molar-refractivity contribution in [2.45, 2.75) is 69.4 Å². The van der Waals surface area contributed by atoms with Gasteiger partial charge in [0.05, 0.1) is 29.2 Å². The first-order chi connectivity index (χ1) is 24.1. The number of unbranched alkanes of at least 4 members (excludes halogenated alkanes) is 1. The molecule has 1 heterocycles. The summed E-state index contributed by atoms with van der Waals surface area (Å²) in [5.74, 6) is -0.317. The maximum absolute atomic E-state index is 12.5. The second kappa shape index (κ2) is 16.9. The number of H-pyrrole nitrogens is 1. The van der Waals surface area contributed by atoms with Crippen molar-refractivity contribution in [2.75, 3.05) is 26.8 Å². The standard InChI is InChI=1S/C38H44ClN3O8/c1-49-32-20-33(29(39)19-25(32)21-40-22-31(44)27-11-13-30(43)36-28(27)12-14-34(45)42-36)50-23-35(46)41-17-6-3-8-24-9-7-10-26(18-24)38(37(47)48)15-4-2-5-16-38/h7,9-14,18-20,31,40,43-44H,2-6,8,15-17,21-23H2,1H3,(H,41,46)(H,42,45)(H,47,48). The number of carbonyl (C=O) groups excluding carboxylic acids is 1. The molecule has 1 aliphatic carbocycles. The van der Waals surface area contributed by atoms with Gasteiger partial charge in [-0.25, -0.2) is 0 Å². The summed E-state index contributed by atoms with van der Waals surface area (Å²) >= 11 is 6.49. The molecule has 266 valence electrons. The molecule has 6 N–H and O–H groups in total. The third-order valence-corrected chi connectivity index (χ3v) is 9.72. The van der Waals surface area contributed by atoms with E-state index in [2.05, 4.69) is 15.6 Å². The fraction of sp³-hybridized carbons (Fsp3) is 0.395. The third kappa shape index (κ3) is 8.76. The Balaban J connectivity index is 1.06. The summed E-state index contributed by atoms with van der Waals surface area (Å²) in [7, 11) is 1.51. The van der Waals surface area contributed by atoms with E-state index in [4.69, 9.17) is 21.1 Å². The van der Waals surface area contributed by atoms with Crippen LogP contribution in [0.5, 0.6) is 17.2 Å². The van der Waals surface area contributed by atoms with Gasteiger partial charge in [-0.15, -0.1) is 0 Å².